The first-order valence-corrected chi connectivity index (χ1v) is 9.06. The molecule has 154 valence electrons. The molecule has 0 spiro atoms. The third-order valence-corrected chi connectivity index (χ3v) is 5.42. The van der Waals surface area contributed by atoms with E-state index in [1.54, 1.807) is 0 Å². The molecule has 0 amide bonds. The van der Waals surface area contributed by atoms with E-state index in [9.17, 15) is 34.8 Å². The fourth-order valence-corrected chi connectivity index (χ4v) is 3.49. The normalized spacial score (nSPS) is 19.1. The predicted octanol–water partition coefficient (Wildman–Crippen LogP) is 3.06. The monoisotopic (exact) mass is 431 g/mol. The standard InChI is InChI=1S/C14H11F6N3O4S/c15-13(16,17)12-21-11(22-27-12)8-1-3-9(4-2-8)26-10-5-6-23(7-10)28(24,25)14(18,19)20/h1-4,10H,5-7H2/t10-/m1/s1. The fraction of sp³-hybridized carbons (Fsp3) is 0.429. The van der Waals surface area contributed by atoms with E-state index in [-0.39, 0.29) is 30.1 Å². The molecule has 2 heterocycles. The number of hydrogen-bond donors (Lipinski definition) is 0. The first-order chi connectivity index (χ1) is 12.9. The van der Waals surface area contributed by atoms with Crippen LogP contribution < -0.4 is 4.74 Å². The summed E-state index contributed by atoms with van der Waals surface area (Å²) in [6, 6.07) is 5.36. The smallest absolute Gasteiger partial charge is 0.489 e. The Kier molecular flexibility index (Phi) is 5.04. The van der Waals surface area contributed by atoms with E-state index < -0.39 is 40.2 Å². The number of rotatable bonds is 4. The number of alkyl halides is 6. The lowest BCUT2D eigenvalue weighted by molar-refractivity contribution is -0.159. The molecule has 1 saturated heterocycles. The first kappa shape index (κ1) is 20.4. The van der Waals surface area contributed by atoms with Crippen LogP contribution >= 0.6 is 0 Å². The van der Waals surface area contributed by atoms with Crippen LogP contribution in [0.1, 0.15) is 12.3 Å². The van der Waals surface area contributed by atoms with Gasteiger partial charge in [-0.25, -0.2) is 8.42 Å². The molecule has 3 rings (SSSR count). The molecular formula is C14H11F6N3O4S. The summed E-state index contributed by atoms with van der Waals surface area (Å²) >= 11 is 0. The maximum atomic E-state index is 12.6. The number of sulfonamides is 1. The van der Waals surface area contributed by atoms with Crippen LogP contribution in [0.25, 0.3) is 11.4 Å². The molecule has 7 nitrogen and oxygen atoms in total. The van der Waals surface area contributed by atoms with Crippen molar-refractivity contribution < 1.29 is 44.0 Å². The van der Waals surface area contributed by atoms with Gasteiger partial charge in [-0.2, -0.15) is 35.6 Å². The van der Waals surface area contributed by atoms with Crippen LogP contribution in [0, 0.1) is 0 Å². The second-order valence-corrected chi connectivity index (χ2v) is 7.71. The van der Waals surface area contributed by atoms with Crippen molar-refractivity contribution in [3.05, 3.63) is 30.2 Å². The zero-order chi connectivity index (χ0) is 20.7. The zero-order valence-electron chi connectivity index (χ0n) is 13.7. The van der Waals surface area contributed by atoms with Gasteiger partial charge in [0.15, 0.2) is 0 Å². The van der Waals surface area contributed by atoms with Crippen LogP contribution in [0.2, 0.25) is 0 Å². The lowest BCUT2D eigenvalue weighted by atomic mass is 10.2. The molecule has 1 aliphatic rings. The third-order valence-electron chi connectivity index (χ3n) is 3.82. The molecular weight excluding hydrogens is 420 g/mol. The summed E-state index contributed by atoms with van der Waals surface area (Å²) < 4.78 is 108. The van der Waals surface area contributed by atoms with Gasteiger partial charge >= 0.3 is 27.6 Å². The number of nitrogens with zero attached hydrogens (tertiary/aromatic N) is 3. The second kappa shape index (κ2) is 6.92. The molecule has 1 aromatic heterocycles. The largest absolute Gasteiger partial charge is 0.511 e. The number of benzene rings is 1. The molecule has 1 aromatic carbocycles. The highest BCUT2D eigenvalue weighted by Gasteiger charge is 2.51. The Labute approximate surface area is 153 Å². The van der Waals surface area contributed by atoms with Crippen molar-refractivity contribution in [1.29, 1.82) is 0 Å². The molecule has 28 heavy (non-hydrogen) atoms. The Hall–Kier alpha value is -2.35. The molecule has 0 radical (unpaired) electrons. The Bertz CT molecular complexity index is 939. The first-order valence-electron chi connectivity index (χ1n) is 7.62. The van der Waals surface area contributed by atoms with E-state index >= 15 is 0 Å². The van der Waals surface area contributed by atoms with Crippen molar-refractivity contribution in [3.63, 3.8) is 0 Å². The Morgan fingerprint density at radius 2 is 1.75 bits per heavy atom. The quantitative estimate of drug-likeness (QED) is 0.692. The van der Waals surface area contributed by atoms with E-state index in [1.165, 1.54) is 24.3 Å². The van der Waals surface area contributed by atoms with E-state index in [0.717, 1.165) is 0 Å². The average molecular weight is 431 g/mol. The molecule has 0 saturated carbocycles. The second-order valence-electron chi connectivity index (χ2n) is 5.78. The minimum absolute atomic E-state index is 0.0524. The fourth-order valence-electron chi connectivity index (χ4n) is 2.49. The van der Waals surface area contributed by atoms with E-state index in [1.807, 2.05) is 0 Å². The average Bonchev–Trinajstić information content (AvgIpc) is 3.23. The molecule has 14 heteroatoms. The highest BCUT2D eigenvalue weighted by atomic mass is 32.2. The van der Waals surface area contributed by atoms with Gasteiger partial charge in [-0.3, -0.25) is 0 Å². The van der Waals surface area contributed by atoms with Crippen LogP contribution in [0.3, 0.4) is 0 Å². The summed E-state index contributed by atoms with van der Waals surface area (Å²) in [4.78, 5) is 3.22. The van der Waals surface area contributed by atoms with E-state index in [4.69, 9.17) is 4.74 Å². The van der Waals surface area contributed by atoms with Crippen molar-refractivity contribution in [2.24, 2.45) is 0 Å². The number of halogens is 6. The summed E-state index contributed by atoms with van der Waals surface area (Å²) in [7, 11) is -5.42. The maximum absolute atomic E-state index is 12.6. The number of ether oxygens (including phenoxy) is 1. The van der Waals surface area contributed by atoms with Crippen LogP contribution in [0.15, 0.2) is 28.8 Å². The van der Waals surface area contributed by atoms with Crippen LogP contribution in [-0.2, 0) is 16.2 Å². The summed E-state index contributed by atoms with van der Waals surface area (Å²) in [6.45, 7) is -0.808. The van der Waals surface area contributed by atoms with Crippen LogP contribution in [0.5, 0.6) is 5.75 Å². The van der Waals surface area contributed by atoms with Crippen LogP contribution in [-0.4, -0.2) is 47.6 Å². The minimum atomic E-state index is -5.42. The summed E-state index contributed by atoms with van der Waals surface area (Å²) in [5.74, 6) is -1.61. The Morgan fingerprint density at radius 3 is 2.29 bits per heavy atom. The maximum Gasteiger partial charge on any atom is 0.511 e. The van der Waals surface area contributed by atoms with Gasteiger partial charge in [-0.1, -0.05) is 5.16 Å². The van der Waals surface area contributed by atoms with E-state index in [0.29, 0.717) is 4.31 Å². The molecule has 1 fully saturated rings. The highest BCUT2D eigenvalue weighted by Crippen LogP contribution is 2.32. The predicted molar refractivity (Wildman–Crippen MR) is 80.3 cm³/mol. The Morgan fingerprint density at radius 1 is 1.11 bits per heavy atom. The number of hydrogen-bond acceptors (Lipinski definition) is 6. The van der Waals surface area contributed by atoms with Gasteiger partial charge in [-0.15, -0.1) is 0 Å². The molecule has 1 aliphatic heterocycles. The van der Waals surface area contributed by atoms with E-state index in [2.05, 4.69) is 14.7 Å². The van der Waals surface area contributed by atoms with Crippen molar-refractivity contribution in [2.45, 2.75) is 24.2 Å². The van der Waals surface area contributed by atoms with Crippen LogP contribution in [0.4, 0.5) is 26.3 Å². The third kappa shape index (κ3) is 4.06. The minimum Gasteiger partial charge on any atom is -0.489 e. The van der Waals surface area contributed by atoms with Crippen molar-refractivity contribution in [3.8, 4) is 17.1 Å². The molecule has 2 aromatic rings. The number of aromatic nitrogens is 2. The lowest BCUT2D eigenvalue weighted by Crippen LogP contribution is -2.40. The molecule has 0 aliphatic carbocycles. The molecule has 0 unspecified atom stereocenters. The van der Waals surface area contributed by atoms with Gasteiger partial charge in [0, 0.05) is 12.1 Å². The van der Waals surface area contributed by atoms with Gasteiger partial charge in [0.2, 0.25) is 5.82 Å². The molecule has 0 N–H and O–H groups in total. The van der Waals surface area contributed by atoms with Crippen molar-refractivity contribution >= 4 is 10.0 Å². The SMILES string of the molecule is O=S(=O)(N1CC[C@@H](Oc2ccc(-c3noc(C(F)(F)F)n3)cc2)C1)C(F)(F)F. The Balaban J connectivity index is 1.65. The summed E-state index contributed by atoms with van der Waals surface area (Å²) in [6.07, 6.45) is -5.53. The van der Waals surface area contributed by atoms with Crippen molar-refractivity contribution in [2.75, 3.05) is 13.1 Å². The summed E-state index contributed by atoms with van der Waals surface area (Å²) in [5.41, 5.74) is -5.19. The molecule has 0 bridgehead atoms. The molecule has 1 atom stereocenters. The van der Waals surface area contributed by atoms with Gasteiger partial charge in [-0.05, 0) is 30.7 Å². The van der Waals surface area contributed by atoms with Crippen molar-refractivity contribution in [1.82, 2.24) is 14.4 Å². The lowest BCUT2D eigenvalue weighted by Gasteiger charge is -2.18. The van der Waals surface area contributed by atoms with Gasteiger partial charge in [0.1, 0.15) is 11.9 Å². The van der Waals surface area contributed by atoms with Gasteiger partial charge in [0.05, 0.1) is 6.54 Å². The summed E-state index contributed by atoms with van der Waals surface area (Å²) in [5, 5.41) is 3.22. The topological polar surface area (TPSA) is 85.5 Å². The van der Waals surface area contributed by atoms with Gasteiger partial charge < -0.3 is 9.26 Å². The van der Waals surface area contributed by atoms with Gasteiger partial charge in [0.25, 0.3) is 0 Å². The highest BCUT2D eigenvalue weighted by molar-refractivity contribution is 7.90. The zero-order valence-corrected chi connectivity index (χ0v) is 14.5.